The highest BCUT2D eigenvalue weighted by Crippen LogP contribution is 2.52. The van der Waals surface area contributed by atoms with E-state index in [-0.39, 0.29) is 11.5 Å². The Balaban J connectivity index is 2.64. The first-order valence-corrected chi connectivity index (χ1v) is 3.34. The van der Waals surface area contributed by atoms with Crippen LogP contribution in [0.3, 0.4) is 0 Å². The van der Waals surface area contributed by atoms with Crippen molar-refractivity contribution in [3.63, 3.8) is 0 Å². The average molecular weight is 137 g/mol. The van der Waals surface area contributed by atoms with Gasteiger partial charge in [0.05, 0.1) is 6.04 Å². The van der Waals surface area contributed by atoms with Crippen LogP contribution >= 0.6 is 0 Å². The first kappa shape index (κ1) is 7.23. The van der Waals surface area contributed by atoms with Gasteiger partial charge in [0.25, 0.3) is 0 Å². The number of rotatable bonds is 2. The van der Waals surface area contributed by atoms with Gasteiger partial charge in [-0.05, 0) is 13.3 Å². The molecule has 2 nitrogen and oxygen atoms in total. The molecule has 0 unspecified atom stereocenters. The molecule has 0 aliphatic heterocycles. The molecule has 0 aromatic carbocycles. The van der Waals surface area contributed by atoms with Crippen LogP contribution in [0.25, 0.3) is 0 Å². The second-order valence-electron chi connectivity index (χ2n) is 3.14. The van der Waals surface area contributed by atoms with Crippen molar-refractivity contribution in [2.75, 3.05) is 0 Å². The first-order valence-electron chi connectivity index (χ1n) is 3.34. The lowest BCUT2D eigenvalue weighted by molar-refractivity contribution is 0.559. The van der Waals surface area contributed by atoms with Crippen LogP contribution in [0.5, 0.6) is 0 Å². The van der Waals surface area contributed by atoms with Gasteiger partial charge in [-0.1, -0.05) is 19.1 Å². The molecule has 54 valence electrons. The molecule has 0 radical (unpaired) electrons. The lowest BCUT2D eigenvalue weighted by Gasteiger charge is -2.05. The second-order valence-corrected chi connectivity index (χ2v) is 3.14. The Kier molecular flexibility index (Phi) is 1.49. The molecule has 1 rings (SSSR count). The predicted octanol–water partition coefficient (Wildman–Crippen LogP) is 1.68. The van der Waals surface area contributed by atoms with E-state index in [1.54, 1.807) is 6.08 Å². The quantitative estimate of drug-likeness (QED) is 0.323. The summed E-state index contributed by atoms with van der Waals surface area (Å²) in [6, 6.07) is 0.155. The highest BCUT2D eigenvalue weighted by molar-refractivity contribution is 5.37. The van der Waals surface area contributed by atoms with Crippen LogP contribution in [0.4, 0.5) is 0 Å². The molecule has 0 saturated heterocycles. The maximum Gasteiger partial charge on any atom is 0.235 e. The van der Waals surface area contributed by atoms with Crippen molar-refractivity contribution in [3.05, 3.63) is 12.2 Å². The Bertz CT molecular complexity index is 215. The van der Waals surface area contributed by atoms with Crippen LogP contribution in [0, 0.1) is 5.41 Å². The van der Waals surface area contributed by atoms with Gasteiger partial charge < -0.3 is 0 Å². The topological polar surface area (TPSA) is 29.4 Å². The van der Waals surface area contributed by atoms with Crippen molar-refractivity contribution < 1.29 is 4.79 Å². The molecular weight excluding hydrogens is 126 g/mol. The van der Waals surface area contributed by atoms with Gasteiger partial charge in [0, 0.05) is 5.41 Å². The number of isocyanates is 1. The summed E-state index contributed by atoms with van der Waals surface area (Å²) in [5, 5.41) is 0. The Labute approximate surface area is 60.7 Å². The van der Waals surface area contributed by atoms with Crippen LogP contribution in [0.1, 0.15) is 20.3 Å². The largest absolute Gasteiger partial charge is 0.235 e. The van der Waals surface area contributed by atoms with E-state index in [0.717, 1.165) is 12.0 Å². The van der Waals surface area contributed by atoms with E-state index in [1.807, 2.05) is 6.92 Å². The third-order valence-corrected chi connectivity index (χ3v) is 2.38. The predicted molar refractivity (Wildman–Crippen MR) is 39.4 cm³/mol. The van der Waals surface area contributed by atoms with Crippen molar-refractivity contribution in [1.82, 2.24) is 0 Å². The van der Waals surface area contributed by atoms with Crippen LogP contribution in [-0.2, 0) is 4.79 Å². The molecule has 10 heavy (non-hydrogen) atoms. The summed E-state index contributed by atoms with van der Waals surface area (Å²) in [5.74, 6) is 0. The van der Waals surface area contributed by atoms with E-state index < -0.39 is 0 Å². The number of aliphatic imine (C=N–C) groups is 1. The molecule has 0 spiro atoms. The summed E-state index contributed by atoms with van der Waals surface area (Å²) in [6.07, 6.45) is 2.53. The minimum absolute atomic E-state index is 0.0947. The minimum atomic E-state index is 0.0947. The van der Waals surface area contributed by atoms with Crippen LogP contribution < -0.4 is 0 Å². The fourth-order valence-electron chi connectivity index (χ4n) is 1.05. The third-order valence-electron chi connectivity index (χ3n) is 2.38. The van der Waals surface area contributed by atoms with E-state index in [1.165, 1.54) is 0 Å². The molecule has 0 aromatic heterocycles. The van der Waals surface area contributed by atoms with Gasteiger partial charge >= 0.3 is 0 Å². The van der Waals surface area contributed by atoms with Gasteiger partial charge in [-0.15, -0.1) is 0 Å². The Morgan fingerprint density at radius 3 is 2.80 bits per heavy atom. The average Bonchev–Trinajstić information content (AvgIpc) is 2.45. The van der Waals surface area contributed by atoms with Crippen LogP contribution in [-0.4, -0.2) is 12.1 Å². The molecule has 0 heterocycles. The fraction of sp³-hybridized carbons (Fsp3) is 0.625. The van der Waals surface area contributed by atoms with Crippen molar-refractivity contribution in [2.45, 2.75) is 26.3 Å². The van der Waals surface area contributed by atoms with Gasteiger partial charge in [-0.25, -0.2) is 9.79 Å². The number of carbonyl (C=O) groups excluding carboxylic acids is 1. The van der Waals surface area contributed by atoms with Crippen molar-refractivity contribution in [1.29, 1.82) is 0 Å². The summed E-state index contributed by atoms with van der Waals surface area (Å²) in [7, 11) is 0. The summed E-state index contributed by atoms with van der Waals surface area (Å²) in [5.41, 5.74) is 1.20. The van der Waals surface area contributed by atoms with E-state index in [2.05, 4.69) is 18.5 Å². The molecule has 1 fully saturated rings. The maximum absolute atomic E-state index is 9.84. The fourth-order valence-corrected chi connectivity index (χ4v) is 1.05. The zero-order valence-corrected chi connectivity index (χ0v) is 6.35. The maximum atomic E-state index is 9.84. The molecule has 2 atom stereocenters. The SMILES string of the molecule is C=C(C)[C@]1(C)C[C@H]1N=C=O. The molecule has 1 saturated carbocycles. The zero-order chi connectivity index (χ0) is 7.78. The van der Waals surface area contributed by atoms with Gasteiger partial charge in [0.15, 0.2) is 0 Å². The summed E-state index contributed by atoms with van der Waals surface area (Å²) >= 11 is 0. The lowest BCUT2D eigenvalue weighted by atomic mass is 10.0. The lowest BCUT2D eigenvalue weighted by Crippen LogP contribution is -1.99. The van der Waals surface area contributed by atoms with Gasteiger partial charge in [0.1, 0.15) is 0 Å². The highest BCUT2D eigenvalue weighted by Gasteiger charge is 2.51. The summed E-state index contributed by atoms with van der Waals surface area (Å²) < 4.78 is 0. The molecular formula is C8H11NO. The molecule has 0 aromatic rings. The summed E-state index contributed by atoms with van der Waals surface area (Å²) in [6.45, 7) is 7.87. The Morgan fingerprint density at radius 2 is 2.50 bits per heavy atom. The van der Waals surface area contributed by atoms with Gasteiger partial charge in [0.2, 0.25) is 6.08 Å². The van der Waals surface area contributed by atoms with Crippen LogP contribution in [0.15, 0.2) is 17.1 Å². The number of nitrogens with zero attached hydrogens (tertiary/aromatic N) is 1. The molecule has 1 aliphatic rings. The second kappa shape index (κ2) is 2.06. The molecule has 0 amide bonds. The van der Waals surface area contributed by atoms with Gasteiger partial charge in [-0.3, -0.25) is 0 Å². The monoisotopic (exact) mass is 137 g/mol. The first-order chi connectivity index (χ1) is 4.61. The highest BCUT2D eigenvalue weighted by atomic mass is 16.1. The van der Waals surface area contributed by atoms with Crippen molar-refractivity contribution in [2.24, 2.45) is 10.4 Å². The minimum Gasteiger partial charge on any atom is -0.211 e. The Hall–Kier alpha value is -0.880. The molecule has 2 heteroatoms. The summed E-state index contributed by atoms with van der Waals surface area (Å²) in [4.78, 5) is 13.5. The Morgan fingerprint density at radius 1 is 1.90 bits per heavy atom. The number of hydrogen-bond donors (Lipinski definition) is 0. The molecule has 1 aliphatic carbocycles. The molecule has 0 N–H and O–H groups in total. The van der Waals surface area contributed by atoms with E-state index in [4.69, 9.17) is 0 Å². The number of hydrogen-bond acceptors (Lipinski definition) is 2. The van der Waals surface area contributed by atoms with Gasteiger partial charge in [-0.2, -0.15) is 0 Å². The van der Waals surface area contributed by atoms with Crippen molar-refractivity contribution in [3.8, 4) is 0 Å². The van der Waals surface area contributed by atoms with E-state index in [9.17, 15) is 4.79 Å². The standard InChI is InChI=1S/C8H11NO/c1-6(2)8(3)4-7(8)9-5-10/h7H,1,4H2,2-3H3/t7-,8+/m1/s1. The zero-order valence-electron chi connectivity index (χ0n) is 6.35. The smallest absolute Gasteiger partial charge is 0.211 e. The van der Waals surface area contributed by atoms with Crippen LogP contribution in [0.2, 0.25) is 0 Å². The van der Waals surface area contributed by atoms with E-state index in [0.29, 0.717) is 0 Å². The van der Waals surface area contributed by atoms with E-state index >= 15 is 0 Å². The van der Waals surface area contributed by atoms with Crippen molar-refractivity contribution >= 4 is 6.08 Å². The molecule has 0 bridgehead atoms. The third kappa shape index (κ3) is 0.910. The normalized spacial score (nSPS) is 36.4.